The van der Waals surface area contributed by atoms with Gasteiger partial charge in [0, 0.05) is 18.7 Å². The number of aliphatic hydroxyl groups is 1. The van der Waals surface area contributed by atoms with E-state index in [1.165, 1.54) is 12.5 Å². The molecule has 2 heterocycles. The Hall–Kier alpha value is -2.93. The molecule has 2 N–H and O–H groups in total. The summed E-state index contributed by atoms with van der Waals surface area (Å²) in [6.45, 7) is 21.4. The Labute approximate surface area is 239 Å². The van der Waals surface area contributed by atoms with Gasteiger partial charge in [0.05, 0.1) is 18.6 Å². The Morgan fingerprint density at radius 3 is 2.02 bits per heavy atom. The molecule has 2 aromatic rings. The van der Waals surface area contributed by atoms with E-state index in [9.17, 15) is 19.1 Å². The zero-order chi connectivity index (χ0) is 30.6. The summed E-state index contributed by atoms with van der Waals surface area (Å²) < 4.78 is 20.5. The second-order valence-corrected chi connectivity index (χ2v) is 13.0. The molecule has 40 heavy (non-hydrogen) atoms. The molecule has 0 aromatic heterocycles. The summed E-state index contributed by atoms with van der Waals surface area (Å²) in [7, 11) is 0. The third-order valence-corrected chi connectivity index (χ3v) is 7.36. The van der Waals surface area contributed by atoms with Gasteiger partial charge in [0.2, 0.25) is 6.41 Å². The number of amides is 1. The van der Waals surface area contributed by atoms with Crippen molar-refractivity contribution >= 4 is 12.4 Å². The van der Waals surface area contributed by atoms with Gasteiger partial charge >= 0.3 is 5.97 Å². The number of halogens is 1. The lowest BCUT2D eigenvalue weighted by Crippen LogP contribution is -2.14. The van der Waals surface area contributed by atoms with Crippen LogP contribution in [0.2, 0.25) is 0 Å². The molecule has 0 atom stereocenters. The molecular weight excluding hydrogens is 509 g/mol. The van der Waals surface area contributed by atoms with Gasteiger partial charge in [0.15, 0.2) is 11.6 Å². The lowest BCUT2D eigenvalue weighted by molar-refractivity contribution is -0.136. The molecule has 0 spiro atoms. The van der Waals surface area contributed by atoms with Crippen LogP contribution in [0.15, 0.2) is 6.07 Å². The van der Waals surface area contributed by atoms with Gasteiger partial charge in [0.1, 0.15) is 0 Å². The number of rotatable bonds is 4. The van der Waals surface area contributed by atoms with Crippen LogP contribution in [-0.2, 0) is 35.5 Å². The number of hydrogen-bond donors (Lipinski definition) is 2. The van der Waals surface area contributed by atoms with Gasteiger partial charge in [-0.2, -0.15) is 0 Å². The fourth-order valence-electron chi connectivity index (χ4n) is 4.82. The number of carboxylic acids is 1. The molecule has 1 amide bonds. The Morgan fingerprint density at radius 1 is 1.02 bits per heavy atom. The summed E-state index contributed by atoms with van der Waals surface area (Å²) in [5.41, 5.74) is 7.87. The summed E-state index contributed by atoms with van der Waals surface area (Å²) in [4.78, 5) is 24.7. The van der Waals surface area contributed by atoms with E-state index < -0.39 is 17.4 Å². The third kappa shape index (κ3) is 8.53. The fraction of sp³-hybridized carbons (Fsp3) is 0.576. The number of hydrogen-bond acceptors (Lipinski definition) is 4. The number of fused-ring (bicyclic) bond motifs is 2. The molecule has 222 valence electrons. The topological polar surface area (TPSA) is 87.1 Å². The van der Waals surface area contributed by atoms with Crippen molar-refractivity contribution in [3.63, 3.8) is 0 Å². The molecule has 0 saturated heterocycles. The van der Waals surface area contributed by atoms with Crippen molar-refractivity contribution in [1.82, 2.24) is 4.90 Å². The zero-order valence-electron chi connectivity index (χ0n) is 26.0. The second-order valence-electron chi connectivity index (χ2n) is 13.0. The fourth-order valence-corrected chi connectivity index (χ4v) is 4.82. The number of nitrogens with zero attached hydrogens (tertiary/aromatic N) is 1. The molecule has 2 aliphatic rings. The van der Waals surface area contributed by atoms with Gasteiger partial charge in [-0.25, -0.2) is 4.39 Å². The molecule has 0 radical (unpaired) electrons. The highest BCUT2D eigenvalue weighted by Crippen LogP contribution is 2.43. The summed E-state index contributed by atoms with van der Waals surface area (Å²) in [6, 6.07) is 1.48. The highest BCUT2D eigenvalue weighted by molar-refractivity contribution is 5.84. The lowest BCUT2D eigenvalue weighted by atomic mass is 9.81. The maximum absolute atomic E-state index is 14.9. The minimum Gasteiger partial charge on any atom is -0.490 e. The SMILES string of the molecule is CC(C)(C)O.CCC(C)(C)C.Cc1c(-c2c(C)c3c(c(C)c2CC(=O)O)CN(C=O)C3)cc(F)c2c1CCCO2. The standard InChI is InChI=1S/C23H24FNO4.C6H14.C4H10O/c1-12-15-5-4-6-29-23(15)20(24)7-16(12)22-14(3)19-10-25(11-26)9-18(19)13(2)17(22)8-21(27)28;1-5-6(2,3)4;1-4(2,3)5/h7,11H,4-6,8-10H2,1-3H3,(H,27,28);5H2,1-4H3;5H,1-3H3. The molecule has 0 unspecified atom stereocenters. The van der Waals surface area contributed by atoms with Crippen molar-refractivity contribution in [3.05, 3.63) is 50.8 Å². The highest BCUT2D eigenvalue weighted by Gasteiger charge is 2.30. The molecule has 2 aliphatic heterocycles. The summed E-state index contributed by atoms with van der Waals surface area (Å²) in [5.74, 6) is -1.02. The Balaban J connectivity index is 0.000000433. The number of carbonyl (C=O) groups is 2. The predicted molar refractivity (Wildman–Crippen MR) is 158 cm³/mol. The van der Waals surface area contributed by atoms with E-state index in [0.29, 0.717) is 36.4 Å². The van der Waals surface area contributed by atoms with Crippen molar-refractivity contribution < 1.29 is 28.9 Å². The van der Waals surface area contributed by atoms with E-state index in [1.807, 2.05) is 20.8 Å². The van der Waals surface area contributed by atoms with Crippen LogP contribution in [0, 0.1) is 32.0 Å². The van der Waals surface area contributed by atoms with Gasteiger partial charge in [0.25, 0.3) is 0 Å². The minimum atomic E-state index is -0.932. The first-order valence-corrected chi connectivity index (χ1v) is 14.1. The summed E-state index contributed by atoms with van der Waals surface area (Å²) in [6.07, 6.45) is 3.51. The van der Waals surface area contributed by atoms with Gasteiger partial charge in [-0.15, -0.1) is 0 Å². The van der Waals surface area contributed by atoms with E-state index in [0.717, 1.165) is 63.8 Å². The van der Waals surface area contributed by atoms with Crippen LogP contribution in [-0.4, -0.2) is 39.7 Å². The smallest absolute Gasteiger partial charge is 0.307 e. The first-order chi connectivity index (χ1) is 18.4. The van der Waals surface area contributed by atoms with E-state index >= 15 is 0 Å². The van der Waals surface area contributed by atoms with Gasteiger partial charge in [-0.05, 0) is 110 Å². The first-order valence-electron chi connectivity index (χ1n) is 14.1. The average Bonchev–Trinajstić information content (AvgIpc) is 3.29. The average molecular weight is 558 g/mol. The van der Waals surface area contributed by atoms with Crippen LogP contribution in [0.4, 0.5) is 4.39 Å². The number of ether oxygens (including phenoxy) is 1. The molecule has 0 bridgehead atoms. The second kappa shape index (κ2) is 13.2. The third-order valence-electron chi connectivity index (χ3n) is 7.36. The maximum Gasteiger partial charge on any atom is 0.307 e. The quantitative estimate of drug-likeness (QED) is 0.393. The van der Waals surface area contributed by atoms with E-state index in [-0.39, 0.29) is 6.42 Å². The lowest BCUT2D eigenvalue weighted by Gasteiger charge is -2.25. The van der Waals surface area contributed by atoms with E-state index in [2.05, 4.69) is 27.7 Å². The molecule has 7 heteroatoms. The Kier molecular flexibility index (Phi) is 10.9. The van der Waals surface area contributed by atoms with Crippen molar-refractivity contribution in [1.29, 1.82) is 0 Å². The maximum atomic E-state index is 14.9. The van der Waals surface area contributed by atoms with E-state index in [1.54, 1.807) is 25.7 Å². The number of aliphatic carboxylic acids is 1. The van der Waals surface area contributed by atoms with Crippen molar-refractivity contribution in [2.45, 2.75) is 114 Å². The molecule has 0 saturated carbocycles. The van der Waals surface area contributed by atoms with Crippen molar-refractivity contribution in [3.8, 4) is 16.9 Å². The monoisotopic (exact) mass is 557 g/mol. The normalized spacial score (nSPS) is 14.2. The van der Waals surface area contributed by atoms with Crippen LogP contribution >= 0.6 is 0 Å². The van der Waals surface area contributed by atoms with Crippen LogP contribution in [0.5, 0.6) is 5.75 Å². The van der Waals surface area contributed by atoms with Crippen LogP contribution in [0.1, 0.15) is 100 Å². The molecular formula is C33H48FNO5. The minimum absolute atomic E-state index is 0.148. The first kappa shape index (κ1) is 33.3. The van der Waals surface area contributed by atoms with Crippen molar-refractivity contribution in [2.75, 3.05) is 6.61 Å². The molecule has 6 nitrogen and oxygen atoms in total. The largest absolute Gasteiger partial charge is 0.490 e. The Bertz CT molecular complexity index is 1230. The summed E-state index contributed by atoms with van der Waals surface area (Å²) >= 11 is 0. The van der Waals surface area contributed by atoms with Gasteiger partial charge < -0.3 is 19.8 Å². The van der Waals surface area contributed by atoms with Gasteiger partial charge in [-0.1, -0.05) is 34.1 Å². The Morgan fingerprint density at radius 2 is 1.55 bits per heavy atom. The molecule has 0 aliphatic carbocycles. The number of benzene rings is 2. The van der Waals surface area contributed by atoms with E-state index in [4.69, 9.17) is 9.84 Å². The highest BCUT2D eigenvalue weighted by atomic mass is 19.1. The zero-order valence-corrected chi connectivity index (χ0v) is 26.0. The molecule has 0 fully saturated rings. The van der Waals surface area contributed by atoms with Crippen molar-refractivity contribution in [2.24, 2.45) is 5.41 Å². The summed E-state index contributed by atoms with van der Waals surface area (Å²) in [5, 5.41) is 18.1. The number of carboxylic acid groups (broad SMARTS) is 1. The molecule has 2 aromatic carbocycles. The predicted octanol–water partition coefficient (Wildman–Crippen LogP) is 7.06. The molecule has 4 rings (SSSR count). The van der Waals surface area contributed by atoms with Gasteiger partial charge in [-0.3, -0.25) is 9.59 Å². The van der Waals surface area contributed by atoms with Crippen LogP contribution < -0.4 is 4.74 Å². The number of carbonyl (C=O) groups excluding carboxylic acids is 1. The van der Waals surface area contributed by atoms with Crippen LogP contribution in [0.25, 0.3) is 11.1 Å². The van der Waals surface area contributed by atoms with Crippen LogP contribution in [0.3, 0.4) is 0 Å².